The normalized spacial score (nSPS) is 12.9. The van der Waals surface area contributed by atoms with Gasteiger partial charge in [0.25, 0.3) is 0 Å². The van der Waals surface area contributed by atoms with E-state index in [1.54, 1.807) is 24.3 Å². The van der Waals surface area contributed by atoms with E-state index in [-0.39, 0.29) is 11.5 Å². The van der Waals surface area contributed by atoms with Gasteiger partial charge in [0.2, 0.25) is 0 Å². The van der Waals surface area contributed by atoms with E-state index in [0.29, 0.717) is 16.7 Å². The van der Waals surface area contributed by atoms with Gasteiger partial charge in [0.1, 0.15) is 17.5 Å². The maximum absolute atomic E-state index is 11.2. The highest BCUT2D eigenvalue weighted by Crippen LogP contribution is 2.29. The number of hydrogen-bond donors (Lipinski definition) is 4. The predicted octanol–water partition coefficient (Wildman–Crippen LogP) is 2.81. The molecule has 0 saturated heterocycles. The Balaban J connectivity index is 2.57. The highest BCUT2D eigenvalue weighted by molar-refractivity contribution is 9.10. The zero-order valence-electron chi connectivity index (χ0n) is 11.4. The number of aromatic hydroxyl groups is 2. The van der Waals surface area contributed by atoms with Crippen LogP contribution < -0.4 is 5.73 Å². The molecule has 6 heteroatoms. The molecule has 0 aliphatic rings. The molecule has 0 radical (unpaired) electrons. The Morgan fingerprint density at radius 3 is 2.36 bits per heavy atom. The van der Waals surface area contributed by atoms with Gasteiger partial charge in [-0.25, -0.2) is 0 Å². The first kappa shape index (κ1) is 16.1. The second-order valence-corrected chi connectivity index (χ2v) is 5.58. The molecule has 0 bridgehead atoms. The zero-order chi connectivity index (χ0) is 16.3. The summed E-state index contributed by atoms with van der Waals surface area (Å²) in [4.78, 5) is 11.2. The lowest BCUT2D eigenvalue weighted by Crippen LogP contribution is -2.31. The predicted molar refractivity (Wildman–Crippen MR) is 87.4 cm³/mol. The van der Waals surface area contributed by atoms with E-state index < -0.39 is 12.0 Å². The second-order valence-electron chi connectivity index (χ2n) is 4.67. The van der Waals surface area contributed by atoms with Crippen molar-refractivity contribution in [3.8, 4) is 11.5 Å². The minimum absolute atomic E-state index is 0.0112. The molecule has 0 aliphatic heterocycles. The fourth-order valence-corrected chi connectivity index (χ4v) is 2.33. The Bertz CT molecular complexity index is 725. The van der Waals surface area contributed by atoms with Crippen molar-refractivity contribution in [3.05, 3.63) is 58.1 Å². The van der Waals surface area contributed by atoms with E-state index in [2.05, 4.69) is 15.9 Å². The maximum atomic E-state index is 11.2. The number of carboxylic acids is 1. The zero-order valence-corrected chi connectivity index (χ0v) is 13.0. The summed E-state index contributed by atoms with van der Waals surface area (Å²) in [5, 5.41) is 28.4. The van der Waals surface area contributed by atoms with E-state index in [1.165, 1.54) is 24.3 Å². The monoisotopic (exact) mass is 363 g/mol. The fraction of sp³-hybridized carbons (Fsp3) is 0.0625. The molecule has 2 aromatic carbocycles. The van der Waals surface area contributed by atoms with Crippen molar-refractivity contribution in [2.45, 2.75) is 6.04 Å². The maximum Gasteiger partial charge on any atom is 0.325 e. The molecule has 0 aromatic heterocycles. The highest BCUT2D eigenvalue weighted by atomic mass is 79.9. The third-order valence-corrected chi connectivity index (χ3v) is 3.60. The molecule has 5 nitrogen and oxygen atoms in total. The van der Waals surface area contributed by atoms with Gasteiger partial charge >= 0.3 is 5.97 Å². The molecule has 1 atom stereocenters. The molecule has 0 heterocycles. The van der Waals surface area contributed by atoms with Crippen LogP contribution in [0.25, 0.3) is 11.6 Å². The molecule has 22 heavy (non-hydrogen) atoms. The first-order valence-electron chi connectivity index (χ1n) is 6.36. The summed E-state index contributed by atoms with van der Waals surface area (Å²) in [7, 11) is 0. The molecule has 5 N–H and O–H groups in total. The minimum atomic E-state index is -1.26. The Labute approximate surface area is 135 Å². The third-order valence-electron chi connectivity index (χ3n) is 3.10. The number of nitrogens with two attached hydrogens (primary N) is 1. The summed E-state index contributed by atoms with van der Waals surface area (Å²) in [5.41, 5.74) is 7.05. The molecule has 2 rings (SSSR count). The number of hydrogen-bond acceptors (Lipinski definition) is 4. The fourth-order valence-electron chi connectivity index (χ4n) is 1.95. The summed E-state index contributed by atoms with van der Waals surface area (Å²) in [6, 6.07) is 9.59. The quantitative estimate of drug-likeness (QED) is 0.625. The van der Waals surface area contributed by atoms with Gasteiger partial charge in [-0.2, -0.15) is 0 Å². The molecule has 0 saturated carbocycles. The van der Waals surface area contributed by atoms with Gasteiger partial charge in [0.05, 0.1) is 0 Å². The highest BCUT2D eigenvalue weighted by Gasteiger charge is 2.19. The van der Waals surface area contributed by atoms with Crippen LogP contribution in [0.5, 0.6) is 11.5 Å². The summed E-state index contributed by atoms with van der Waals surface area (Å²) < 4.78 is 0.741. The van der Waals surface area contributed by atoms with Crippen LogP contribution in [-0.2, 0) is 4.79 Å². The minimum Gasteiger partial charge on any atom is -0.508 e. The van der Waals surface area contributed by atoms with E-state index in [9.17, 15) is 20.1 Å². The summed E-state index contributed by atoms with van der Waals surface area (Å²) in [6.45, 7) is 0. The van der Waals surface area contributed by atoms with Crippen molar-refractivity contribution in [1.82, 2.24) is 0 Å². The summed E-state index contributed by atoms with van der Waals surface area (Å²) in [5.74, 6) is -1.11. The van der Waals surface area contributed by atoms with Gasteiger partial charge in [0.15, 0.2) is 0 Å². The van der Waals surface area contributed by atoms with E-state index in [4.69, 9.17) is 5.73 Å². The van der Waals surface area contributed by atoms with Crippen LogP contribution in [-0.4, -0.2) is 27.3 Å². The second kappa shape index (κ2) is 6.64. The lowest BCUT2D eigenvalue weighted by Gasteiger charge is -2.13. The number of phenols is 2. The largest absolute Gasteiger partial charge is 0.508 e. The molecule has 0 aliphatic carbocycles. The van der Waals surface area contributed by atoms with Crippen LogP contribution in [0.3, 0.4) is 0 Å². The van der Waals surface area contributed by atoms with Crippen molar-refractivity contribution in [1.29, 1.82) is 0 Å². The van der Waals surface area contributed by atoms with Crippen LogP contribution in [0, 0.1) is 0 Å². The van der Waals surface area contributed by atoms with Gasteiger partial charge < -0.3 is 21.1 Å². The van der Waals surface area contributed by atoms with Crippen molar-refractivity contribution < 1.29 is 20.1 Å². The lowest BCUT2D eigenvalue weighted by atomic mass is 9.96. The van der Waals surface area contributed by atoms with Crippen LogP contribution in [0.4, 0.5) is 0 Å². The summed E-state index contributed by atoms with van der Waals surface area (Å²) >= 11 is 3.30. The molecule has 2 aromatic rings. The van der Waals surface area contributed by atoms with E-state index in [1.807, 2.05) is 0 Å². The first-order valence-corrected chi connectivity index (χ1v) is 7.15. The Hall–Kier alpha value is -2.31. The lowest BCUT2D eigenvalue weighted by molar-refractivity contribution is -0.137. The van der Waals surface area contributed by atoms with Crippen molar-refractivity contribution >= 4 is 33.5 Å². The molecular formula is C16H14BrNO4. The topological polar surface area (TPSA) is 104 Å². The number of rotatable bonds is 4. The third kappa shape index (κ3) is 3.66. The number of phenolic OH excluding ortho intramolecular Hbond substituents is 2. The van der Waals surface area contributed by atoms with Crippen molar-refractivity contribution in [3.63, 3.8) is 0 Å². The number of benzene rings is 2. The van der Waals surface area contributed by atoms with Crippen LogP contribution in [0.15, 0.2) is 46.9 Å². The average Bonchev–Trinajstić information content (AvgIpc) is 2.48. The van der Waals surface area contributed by atoms with E-state index >= 15 is 0 Å². The van der Waals surface area contributed by atoms with Crippen LogP contribution in [0.2, 0.25) is 0 Å². The number of halogens is 1. The smallest absolute Gasteiger partial charge is 0.325 e. The molecule has 1 unspecified atom stereocenters. The number of carbonyl (C=O) groups is 1. The molecular weight excluding hydrogens is 350 g/mol. The van der Waals surface area contributed by atoms with Crippen LogP contribution in [0.1, 0.15) is 11.1 Å². The van der Waals surface area contributed by atoms with Crippen LogP contribution >= 0.6 is 15.9 Å². The SMILES string of the molecule is NC(C(=O)O)C(=Cc1cc(Br)ccc1O)c1ccc(O)cc1. The Morgan fingerprint density at radius 2 is 1.77 bits per heavy atom. The molecule has 0 fully saturated rings. The standard InChI is InChI=1S/C16H14BrNO4/c17-11-3-6-14(20)10(7-11)8-13(15(18)16(21)22)9-1-4-12(19)5-2-9/h1-8,15,19-20H,18H2,(H,21,22). The average molecular weight is 364 g/mol. The molecule has 0 spiro atoms. The Morgan fingerprint density at radius 1 is 1.14 bits per heavy atom. The number of carboxylic acid groups (broad SMARTS) is 1. The van der Waals surface area contributed by atoms with Crippen molar-refractivity contribution in [2.24, 2.45) is 5.73 Å². The number of aliphatic carboxylic acids is 1. The molecule has 114 valence electrons. The first-order chi connectivity index (χ1) is 10.4. The summed E-state index contributed by atoms with van der Waals surface area (Å²) in [6.07, 6.45) is 1.52. The van der Waals surface area contributed by atoms with Gasteiger partial charge in [-0.3, -0.25) is 4.79 Å². The van der Waals surface area contributed by atoms with E-state index in [0.717, 1.165) is 4.47 Å². The molecule has 0 amide bonds. The van der Waals surface area contributed by atoms with Gasteiger partial charge in [0, 0.05) is 10.0 Å². The van der Waals surface area contributed by atoms with Crippen molar-refractivity contribution in [2.75, 3.05) is 0 Å². The van der Waals surface area contributed by atoms with Gasteiger partial charge in [-0.15, -0.1) is 0 Å². The Kier molecular flexibility index (Phi) is 4.85. The van der Waals surface area contributed by atoms with Gasteiger partial charge in [-0.05, 0) is 47.5 Å². The van der Waals surface area contributed by atoms with Gasteiger partial charge in [-0.1, -0.05) is 28.1 Å².